The van der Waals surface area contributed by atoms with Gasteiger partial charge in [0.25, 0.3) is 0 Å². The SMILES string of the molecule is CCCCOP(O)[C@H](Cc1ccccc1)NC=O. The molecule has 0 saturated heterocycles. The minimum atomic E-state index is -1.63. The fraction of sp³-hybridized carbons (Fsp3) is 0.462. The van der Waals surface area contributed by atoms with Crippen LogP contribution < -0.4 is 5.32 Å². The normalized spacial score (nSPS) is 13.9. The maximum absolute atomic E-state index is 10.6. The number of carbonyl (C=O) groups is 1. The van der Waals surface area contributed by atoms with Crippen molar-refractivity contribution in [1.82, 2.24) is 5.32 Å². The summed E-state index contributed by atoms with van der Waals surface area (Å²) in [6.45, 7) is 2.60. The van der Waals surface area contributed by atoms with Crippen molar-refractivity contribution in [1.29, 1.82) is 0 Å². The van der Waals surface area contributed by atoms with E-state index in [1.165, 1.54) is 0 Å². The highest BCUT2D eigenvalue weighted by Crippen LogP contribution is 2.38. The first kappa shape index (κ1) is 15.1. The van der Waals surface area contributed by atoms with Crippen molar-refractivity contribution in [2.75, 3.05) is 6.61 Å². The second-order valence-electron chi connectivity index (χ2n) is 3.98. The summed E-state index contributed by atoms with van der Waals surface area (Å²) in [7, 11) is -1.63. The van der Waals surface area contributed by atoms with Gasteiger partial charge in [-0.25, -0.2) is 0 Å². The standard InChI is InChI=1S/C13H20NO3P/c1-2-3-9-17-18(16)13(14-11-15)10-12-7-5-4-6-8-12/h4-8,11,13,16H,2-3,9-10H2,1H3,(H,14,15)/t13-,18?/m1/s1. The predicted molar refractivity (Wildman–Crippen MR) is 73.1 cm³/mol. The van der Waals surface area contributed by atoms with Gasteiger partial charge in [0, 0.05) is 6.42 Å². The third kappa shape index (κ3) is 5.58. The van der Waals surface area contributed by atoms with Gasteiger partial charge >= 0.3 is 0 Å². The van der Waals surface area contributed by atoms with E-state index in [1.54, 1.807) is 0 Å². The first-order valence-electron chi connectivity index (χ1n) is 6.12. The van der Waals surface area contributed by atoms with Gasteiger partial charge < -0.3 is 14.7 Å². The van der Waals surface area contributed by atoms with Crippen LogP contribution in [0.4, 0.5) is 0 Å². The highest BCUT2D eigenvalue weighted by molar-refractivity contribution is 7.47. The van der Waals surface area contributed by atoms with E-state index in [0.717, 1.165) is 18.4 Å². The van der Waals surface area contributed by atoms with E-state index >= 15 is 0 Å². The highest BCUT2D eigenvalue weighted by Gasteiger charge is 2.20. The summed E-state index contributed by atoms with van der Waals surface area (Å²) in [4.78, 5) is 20.5. The molecule has 0 bridgehead atoms. The Bertz CT molecular complexity index is 334. The van der Waals surface area contributed by atoms with Crippen LogP contribution in [0.3, 0.4) is 0 Å². The lowest BCUT2D eigenvalue weighted by Crippen LogP contribution is -2.29. The van der Waals surface area contributed by atoms with Crippen LogP contribution in [-0.4, -0.2) is 23.7 Å². The molecule has 0 aliphatic carbocycles. The Balaban J connectivity index is 2.50. The predicted octanol–water partition coefficient (Wildman–Crippen LogP) is 2.42. The zero-order valence-electron chi connectivity index (χ0n) is 10.6. The quantitative estimate of drug-likeness (QED) is 0.411. The van der Waals surface area contributed by atoms with E-state index in [9.17, 15) is 9.69 Å². The second-order valence-corrected chi connectivity index (χ2v) is 5.47. The maximum atomic E-state index is 10.6. The molecule has 0 spiro atoms. The topological polar surface area (TPSA) is 58.6 Å². The van der Waals surface area contributed by atoms with Crippen LogP contribution in [0.1, 0.15) is 25.3 Å². The van der Waals surface area contributed by atoms with Crippen LogP contribution >= 0.6 is 8.38 Å². The second kappa shape index (κ2) is 9.03. The molecular weight excluding hydrogens is 249 g/mol. The number of rotatable bonds is 9. The summed E-state index contributed by atoms with van der Waals surface area (Å²) in [5.41, 5.74) is 1.07. The van der Waals surface area contributed by atoms with Gasteiger partial charge in [-0.3, -0.25) is 4.79 Å². The molecular formula is C13H20NO3P. The van der Waals surface area contributed by atoms with Gasteiger partial charge in [0.05, 0.1) is 6.61 Å². The maximum Gasteiger partial charge on any atom is 0.207 e. The number of unbranched alkanes of at least 4 members (excludes halogenated alkanes) is 1. The Hall–Kier alpha value is -0.960. The molecule has 1 rings (SSSR count). The molecule has 1 aromatic rings. The van der Waals surface area contributed by atoms with Crippen molar-refractivity contribution in [3.63, 3.8) is 0 Å². The largest absolute Gasteiger partial charge is 0.348 e. The van der Waals surface area contributed by atoms with Gasteiger partial charge in [0.15, 0.2) is 8.38 Å². The minimum absolute atomic E-state index is 0.350. The molecule has 0 saturated carbocycles. The summed E-state index contributed by atoms with van der Waals surface area (Å²) in [6, 6.07) is 9.74. The number of hydrogen-bond donors (Lipinski definition) is 2. The van der Waals surface area contributed by atoms with Gasteiger partial charge in [-0.05, 0) is 12.0 Å². The number of benzene rings is 1. The smallest absolute Gasteiger partial charge is 0.207 e. The van der Waals surface area contributed by atoms with E-state index in [0.29, 0.717) is 19.4 Å². The van der Waals surface area contributed by atoms with Crippen molar-refractivity contribution in [2.24, 2.45) is 0 Å². The summed E-state index contributed by atoms with van der Waals surface area (Å²) in [5, 5.41) is 2.63. The number of nitrogens with one attached hydrogen (secondary N) is 1. The number of carbonyl (C=O) groups excluding carboxylic acids is 1. The van der Waals surface area contributed by atoms with E-state index in [1.807, 2.05) is 30.3 Å². The fourth-order valence-corrected chi connectivity index (χ4v) is 2.56. The van der Waals surface area contributed by atoms with E-state index in [-0.39, 0.29) is 5.78 Å². The molecule has 100 valence electrons. The van der Waals surface area contributed by atoms with Crippen molar-refractivity contribution in [3.8, 4) is 0 Å². The molecule has 1 amide bonds. The lowest BCUT2D eigenvalue weighted by molar-refractivity contribution is -0.109. The average molecular weight is 269 g/mol. The molecule has 0 heterocycles. The van der Waals surface area contributed by atoms with Gasteiger partial charge in [0.2, 0.25) is 6.41 Å². The van der Waals surface area contributed by atoms with Crippen molar-refractivity contribution in [2.45, 2.75) is 32.0 Å². The molecule has 18 heavy (non-hydrogen) atoms. The fourth-order valence-electron chi connectivity index (χ4n) is 1.51. The molecule has 0 fully saturated rings. The Morgan fingerprint density at radius 2 is 2.17 bits per heavy atom. The van der Waals surface area contributed by atoms with Crippen LogP contribution in [0.5, 0.6) is 0 Å². The molecule has 4 nitrogen and oxygen atoms in total. The van der Waals surface area contributed by atoms with Crippen LogP contribution in [0.2, 0.25) is 0 Å². The molecule has 0 aliphatic heterocycles. The van der Waals surface area contributed by atoms with E-state index in [2.05, 4.69) is 12.2 Å². The monoisotopic (exact) mass is 269 g/mol. The summed E-state index contributed by atoms with van der Waals surface area (Å²) < 4.78 is 5.37. The zero-order chi connectivity index (χ0) is 13.2. The van der Waals surface area contributed by atoms with Gasteiger partial charge in [0.1, 0.15) is 5.78 Å². The summed E-state index contributed by atoms with van der Waals surface area (Å²) in [6.07, 6.45) is 3.13. The Labute approximate surface area is 109 Å². The first-order valence-corrected chi connectivity index (χ1v) is 7.40. The zero-order valence-corrected chi connectivity index (χ0v) is 11.5. The third-order valence-electron chi connectivity index (χ3n) is 2.52. The lowest BCUT2D eigenvalue weighted by Gasteiger charge is -2.21. The Morgan fingerprint density at radius 1 is 1.44 bits per heavy atom. The van der Waals surface area contributed by atoms with Gasteiger partial charge in [-0.15, -0.1) is 0 Å². The van der Waals surface area contributed by atoms with Crippen LogP contribution in [-0.2, 0) is 15.7 Å². The first-order chi connectivity index (χ1) is 8.77. The molecule has 1 unspecified atom stereocenters. The van der Waals surface area contributed by atoms with Crippen LogP contribution in [0.25, 0.3) is 0 Å². The number of amides is 1. The van der Waals surface area contributed by atoms with Gasteiger partial charge in [-0.1, -0.05) is 43.7 Å². The van der Waals surface area contributed by atoms with Crippen molar-refractivity contribution in [3.05, 3.63) is 35.9 Å². The molecule has 2 atom stereocenters. The lowest BCUT2D eigenvalue weighted by atomic mass is 10.1. The summed E-state index contributed by atoms with van der Waals surface area (Å²) in [5.74, 6) is -0.350. The van der Waals surface area contributed by atoms with E-state index < -0.39 is 8.38 Å². The minimum Gasteiger partial charge on any atom is -0.348 e. The Morgan fingerprint density at radius 3 is 2.78 bits per heavy atom. The Kier molecular flexibility index (Phi) is 7.58. The van der Waals surface area contributed by atoms with Crippen LogP contribution in [0.15, 0.2) is 30.3 Å². The van der Waals surface area contributed by atoms with E-state index in [4.69, 9.17) is 4.52 Å². The average Bonchev–Trinajstić information content (AvgIpc) is 2.39. The van der Waals surface area contributed by atoms with Crippen LogP contribution in [0, 0.1) is 0 Å². The number of hydrogen-bond acceptors (Lipinski definition) is 3. The molecule has 0 aromatic heterocycles. The third-order valence-corrected chi connectivity index (χ3v) is 3.83. The van der Waals surface area contributed by atoms with Crippen molar-refractivity contribution >= 4 is 14.8 Å². The molecule has 0 aliphatic rings. The summed E-state index contributed by atoms with van der Waals surface area (Å²) >= 11 is 0. The molecule has 5 heteroatoms. The molecule has 0 radical (unpaired) electrons. The molecule has 2 N–H and O–H groups in total. The molecule has 1 aromatic carbocycles. The van der Waals surface area contributed by atoms with Crippen molar-refractivity contribution < 1.29 is 14.2 Å². The van der Waals surface area contributed by atoms with Gasteiger partial charge in [-0.2, -0.15) is 0 Å². The highest BCUT2D eigenvalue weighted by atomic mass is 31.2.